The van der Waals surface area contributed by atoms with E-state index >= 15 is 0 Å². The third kappa shape index (κ3) is 4.21. The van der Waals surface area contributed by atoms with Crippen LogP contribution in [0.4, 0.5) is 4.79 Å². The number of hydrogen-bond donors (Lipinski definition) is 3. The molecule has 0 aliphatic carbocycles. The van der Waals surface area contributed by atoms with Gasteiger partial charge in [0.25, 0.3) is 0 Å². The number of rotatable bonds is 5. The van der Waals surface area contributed by atoms with E-state index in [1.165, 1.54) is 18.7 Å². The molecule has 3 N–H and O–H groups in total. The molecular weight excluding hydrogens is 298 g/mol. The average Bonchev–Trinajstić information content (AvgIpc) is 2.49. The Labute approximate surface area is 134 Å². The van der Waals surface area contributed by atoms with E-state index in [1.807, 2.05) is 30.3 Å². The second-order valence-electron chi connectivity index (χ2n) is 6.10. The number of hydrogen-bond acceptors (Lipinski definition) is 3. The van der Waals surface area contributed by atoms with Crippen molar-refractivity contribution < 1.29 is 19.5 Å². The van der Waals surface area contributed by atoms with Crippen molar-refractivity contribution in [2.24, 2.45) is 0 Å². The Morgan fingerprint density at radius 1 is 1.35 bits per heavy atom. The lowest BCUT2D eigenvalue weighted by Crippen LogP contribution is -2.55. The number of aliphatic carboxylic acids is 1. The Balaban J connectivity index is 1.91. The first-order valence-corrected chi connectivity index (χ1v) is 7.44. The summed E-state index contributed by atoms with van der Waals surface area (Å²) in [7, 11) is 0. The fourth-order valence-corrected chi connectivity index (χ4v) is 2.40. The van der Waals surface area contributed by atoms with Crippen molar-refractivity contribution in [3.05, 3.63) is 35.9 Å². The first-order chi connectivity index (χ1) is 10.8. The second kappa shape index (κ2) is 6.68. The standard InChI is InChI=1S/C16H21N3O4/c1-16(2,14(21)22)18-13(20)10-19-9-8-12(17-15(19)23)11-6-4-3-5-7-11/h3-7,12H,8-10H2,1-2H3,(H,17,23)(H,18,20)(H,21,22). The molecule has 0 spiro atoms. The van der Waals surface area contributed by atoms with Gasteiger partial charge in [-0.25, -0.2) is 9.59 Å². The maximum absolute atomic E-state index is 12.1. The van der Waals surface area contributed by atoms with Gasteiger partial charge in [0.2, 0.25) is 5.91 Å². The molecule has 1 unspecified atom stereocenters. The van der Waals surface area contributed by atoms with Gasteiger partial charge in [-0.2, -0.15) is 0 Å². The van der Waals surface area contributed by atoms with Gasteiger partial charge in [0.05, 0.1) is 6.04 Å². The molecule has 0 bridgehead atoms. The van der Waals surface area contributed by atoms with E-state index in [9.17, 15) is 14.4 Å². The van der Waals surface area contributed by atoms with Crippen molar-refractivity contribution in [3.8, 4) is 0 Å². The summed E-state index contributed by atoms with van der Waals surface area (Å²) in [4.78, 5) is 36.5. The number of carbonyl (C=O) groups is 3. The van der Waals surface area contributed by atoms with E-state index < -0.39 is 17.4 Å². The van der Waals surface area contributed by atoms with Crippen LogP contribution in [0, 0.1) is 0 Å². The summed E-state index contributed by atoms with van der Waals surface area (Å²) in [6, 6.07) is 9.23. The van der Waals surface area contributed by atoms with Gasteiger partial charge in [0.15, 0.2) is 0 Å². The van der Waals surface area contributed by atoms with Crippen LogP contribution in [0.1, 0.15) is 31.9 Å². The zero-order valence-electron chi connectivity index (χ0n) is 13.2. The van der Waals surface area contributed by atoms with Gasteiger partial charge in [-0.3, -0.25) is 4.79 Å². The fourth-order valence-electron chi connectivity index (χ4n) is 2.40. The van der Waals surface area contributed by atoms with Crippen molar-refractivity contribution in [1.82, 2.24) is 15.5 Å². The molecule has 124 valence electrons. The molecule has 0 radical (unpaired) electrons. The Kier molecular flexibility index (Phi) is 4.88. The van der Waals surface area contributed by atoms with Gasteiger partial charge in [-0.15, -0.1) is 0 Å². The van der Waals surface area contributed by atoms with Gasteiger partial charge < -0.3 is 20.6 Å². The quantitative estimate of drug-likeness (QED) is 0.757. The van der Waals surface area contributed by atoms with E-state index in [1.54, 1.807) is 0 Å². The van der Waals surface area contributed by atoms with E-state index in [0.717, 1.165) is 5.56 Å². The molecule has 2 rings (SSSR count). The van der Waals surface area contributed by atoms with E-state index in [4.69, 9.17) is 5.11 Å². The summed E-state index contributed by atoms with van der Waals surface area (Å²) in [5, 5.41) is 14.3. The van der Waals surface area contributed by atoms with Crippen LogP contribution in [0.25, 0.3) is 0 Å². The summed E-state index contributed by atoms with van der Waals surface area (Å²) in [6.07, 6.45) is 0.686. The number of amides is 3. The summed E-state index contributed by atoms with van der Waals surface area (Å²) in [5.41, 5.74) is -0.340. The summed E-state index contributed by atoms with van der Waals surface area (Å²) >= 11 is 0. The van der Waals surface area contributed by atoms with Gasteiger partial charge in [-0.05, 0) is 25.8 Å². The molecule has 3 amide bonds. The number of carbonyl (C=O) groups excluding carboxylic acids is 2. The van der Waals surface area contributed by atoms with Gasteiger partial charge in [0.1, 0.15) is 12.1 Å². The highest BCUT2D eigenvalue weighted by Crippen LogP contribution is 2.20. The lowest BCUT2D eigenvalue weighted by molar-refractivity contribution is -0.146. The highest BCUT2D eigenvalue weighted by Gasteiger charge is 2.31. The molecule has 1 fully saturated rings. The molecule has 7 nitrogen and oxygen atoms in total. The molecule has 1 aliphatic rings. The van der Waals surface area contributed by atoms with E-state index in [2.05, 4.69) is 10.6 Å². The Morgan fingerprint density at radius 3 is 2.57 bits per heavy atom. The lowest BCUT2D eigenvalue weighted by atomic mass is 10.0. The third-order valence-corrected chi connectivity index (χ3v) is 3.80. The number of carboxylic acid groups (broad SMARTS) is 1. The molecule has 1 heterocycles. The number of nitrogens with zero attached hydrogens (tertiary/aromatic N) is 1. The number of urea groups is 1. The predicted molar refractivity (Wildman–Crippen MR) is 83.8 cm³/mol. The fraction of sp³-hybridized carbons (Fsp3) is 0.438. The maximum Gasteiger partial charge on any atom is 0.328 e. The van der Waals surface area contributed by atoms with Gasteiger partial charge in [-0.1, -0.05) is 30.3 Å². The SMILES string of the molecule is CC(C)(NC(=O)CN1CCC(c2ccccc2)NC1=O)C(=O)O. The number of benzene rings is 1. The van der Waals surface area contributed by atoms with Crippen molar-refractivity contribution in [2.75, 3.05) is 13.1 Å². The Morgan fingerprint density at radius 2 is 2.00 bits per heavy atom. The molecule has 7 heteroatoms. The zero-order valence-corrected chi connectivity index (χ0v) is 13.2. The molecular formula is C16H21N3O4. The largest absolute Gasteiger partial charge is 0.480 e. The zero-order chi connectivity index (χ0) is 17.0. The van der Waals surface area contributed by atoms with Crippen LogP contribution >= 0.6 is 0 Å². The Hall–Kier alpha value is -2.57. The Bertz CT molecular complexity index is 601. The first kappa shape index (κ1) is 16.8. The van der Waals surface area contributed by atoms with Crippen molar-refractivity contribution in [2.45, 2.75) is 31.8 Å². The smallest absolute Gasteiger partial charge is 0.328 e. The molecule has 0 aromatic heterocycles. The van der Waals surface area contributed by atoms with Gasteiger partial charge >= 0.3 is 12.0 Å². The number of nitrogens with one attached hydrogen (secondary N) is 2. The van der Waals surface area contributed by atoms with Crippen LogP contribution in [-0.2, 0) is 9.59 Å². The van der Waals surface area contributed by atoms with Crippen molar-refractivity contribution >= 4 is 17.9 Å². The molecule has 1 aromatic carbocycles. The second-order valence-corrected chi connectivity index (χ2v) is 6.10. The number of carboxylic acids is 1. The maximum atomic E-state index is 12.1. The van der Waals surface area contributed by atoms with E-state index in [0.29, 0.717) is 13.0 Å². The highest BCUT2D eigenvalue weighted by atomic mass is 16.4. The molecule has 1 aromatic rings. The lowest BCUT2D eigenvalue weighted by Gasteiger charge is -2.33. The van der Waals surface area contributed by atoms with Crippen LogP contribution < -0.4 is 10.6 Å². The van der Waals surface area contributed by atoms with Gasteiger partial charge in [0, 0.05) is 6.54 Å². The molecule has 1 atom stereocenters. The highest BCUT2D eigenvalue weighted by molar-refractivity contribution is 5.89. The molecule has 1 aliphatic heterocycles. The summed E-state index contributed by atoms with van der Waals surface area (Å²) in [5.74, 6) is -1.62. The third-order valence-electron chi connectivity index (χ3n) is 3.80. The minimum Gasteiger partial charge on any atom is -0.480 e. The average molecular weight is 319 g/mol. The topological polar surface area (TPSA) is 98.7 Å². The van der Waals surface area contributed by atoms with Crippen LogP contribution in [0.5, 0.6) is 0 Å². The normalized spacial score (nSPS) is 18.3. The minimum absolute atomic E-state index is 0.0709. The van der Waals surface area contributed by atoms with Crippen LogP contribution in [0.2, 0.25) is 0 Å². The monoisotopic (exact) mass is 319 g/mol. The van der Waals surface area contributed by atoms with Crippen molar-refractivity contribution in [1.29, 1.82) is 0 Å². The van der Waals surface area contributed by atoms with Crippen LogP contribution in [0.15, 0.2) is 30.3 Å². The molecule has 1 saturated heterocycles. The summed E-state index contributed by atoms with van der Waals surface area (Å²) in [6.45, 7) is 3.07. The van der Waals surface area contributed by atoms with E-state index in [-0.39, 0.29) is 18.6 Å². The van der Waals surface area contributed by atoms with Crippen molar-refractivity contribution in [3.63, 3.8) is 0 Å². The minimum atomic E-state index is -1.37. The molecule has 0 saturated carbocycles. The first-order valence-electron chi connectivity index (χ1n) is 7.44. The summed E-state index contributed by atoms with van der Waals surface area (Å²) < 4.78 is 0. The van der Waals surface area contributed by atoms with Crippen LogP contribution in [-0.4, -0.2) is 46.5 Å². The predicted octanol–water partition coefficient (Wildman–Crippen LogP) is 1.12. The van der Waals surface area contributed by atoms with Crippen LogP contribution in [0.3, 0.4) is 0 Å². The molecule has 23 heavy (non-hydrogen) atoms.